The quantitative estimate of drug-likeness (QED) is 0.406. The molecule has 4 heterocycles. The summed E-state index contributed by atoms with van der Waals surface area (Å²) in [6.45, 7) is 0. The zero-order valence-corrected chi connectivity index (χ0v) is 17.4. The number of anilines is 1. The zero-order chi connectivity index (χ0) is 21.5. The second kappa shape index (κ2) is 7.33. The van der Waals surface area contributed by atoms with Crippen molar-refractivity contribution in [3.8, 4) is 28.1 Å². The van der Waals surface area contributed by atoms with Crippen molar-refractivity contribution in [1.82, 2.24) is 29.4 Å². The van der Waals surface area contributed by atoms with Gasteiger partial charge in [-0.15, -0.1) is 0 Å². The van der Waals surface area contributed by atoms with E-state index < -0.39 is 5.97 Å². The highest BCUT2D eigenvalue weighted by molar-refractivity contribution is 9.10. The maximum atomic E-state index is 11.1. The van der Waals surface area contributed by atoms with Crippen LogP contribution in [0.1, 0.15) is 10.5 Å². The molecule has 0 amide bonds. The molecule has 31 heavy (non-hydrogen) atoms. The van der Waals surface area contributed by atoms with Crippen LogP contribution in [0.25, 0.3) is 33.7 Å². The van der Waals surface area contributed by atoms with Gasteiger partial charge in [-0.25, -0.2) is 19.4 Å². The van der Waals surface area contributed by atoms with Gasteiger partial charge in [0.25, 0.3) is 0 Å². The van der Waals surface area contributed by atoms with Gasteiger partial charge in [-0.05, 0) is 40.2 Å². The first kappa shape index (κ1) is 18.9. The Balaban J connectivity index is 1.63. The van der Waals surface area contributed by atoms with Crippen LogP contribution in [0.15, 0.2) is 71.7 Å². The van der Waals surface area contributed by atoms with E-state index in [0.717, 1.165) is 16.8 Å². The van der Waals surface area contributed by atoms with E-state index in [1.54, 1.807) is 27.7 Å². The molecule has 5 rings (SSSR count). The van der Waals surface area contributed by atoms with Gasteiger partial charge in [-0.3, -0.25) is 0 Å². The number of carbonyl (C=O) groups is 1. The Labute approximate surface area is 183 Å². The molecule has 0 aliphatic carbocycles. The largest absolute Gasteiger partial charge is 0.477 e. The van der Waals surface area contributed by atoms with Crippen LogP contribution in [0.4, 0.5) is 5.82 Å². The summed E-state index contributed by atoms with van der Waals surface area (Å²) in [5, 5.41) is 17.9. The monoisotopic (exact) mass is 475 g/mol. The van der Waals surface area contributed by atoms with E-state index in [9.17, 15) is 4.79 Å². The summed E-state index contributed by atoms with van der Waals surface area (Å²) in [4.78, 5) is 19.8. The molecule has 0 saturated heterocycles. The Morgan fingerprint density at radius 3 is 2.52 bits per heavy atom. The fourth-order valence-corrected chi connectivity index (χ4v) is 3.72. The van der Waals surface area contributed by atoms with Crippen molar-refractivity contribution in [3.63, 3.8) is 0 Å². The number of pyridine rings is 1. The molecule has 0 aliphatic heterocycles. The smallest absolute Gasteiger partial charge is 0.354 e. The Morgan fingerprint density at radius 1 is 1.00 bits per heavy atom. The topological polar surface area (TPSA) is 124 Å². The van der Waals surface area contributed by atoms with Crippen LogP contribution in [-0.4, -0.2) is 40.4 Å². The summed E-state index contributed by atoms with van der Waals surface area (Å²) in [5.41, 5.74) is 10.5. The second-order valence-electron chi connectivity index (χ2n) is 6.70. The Bertz CT molecular complexity index is 1430. The number of para-hydroxylation sites is 1. The third kappa shape index (κ3) is 3.22. The lowest BCUT2D eigenvalue weighted by Crippen LogP contribution is -2.04. The van der Waals surface area contributed by atoms with Crippen molar-refractivity contribution in [3.05, 3.63) is 77.4 Å². The average molecular weight is 476 g/mol. The van der Waals surface area contributed by atoms with Crippen molar-refractivity contribution in [1.29, 1.82) is 0 Å². The lowest BCUT2D eigenvalue weighted by Gasteiger charge is -2.09. The minimum absolute atomic E-state index is 0.0488. The SMILES string of the molecule is Nc1c(Br)c(-c2ccc(C(=O)O)nc2)nc2c(-c3cnn(-c4ccccc4)c3)cnn12. The number of hydrogen-bond acceptors (Lipinski definition) is 6. The van der Waals surface area contributed by atoms with E-state index >= 15 is 0 Å². The second-order valence-corrected chi connectivity index (χ2v) is 7.49. The number of fused-ring (bicyclic) bond motifs is 1. The molecule has 5 aromatic rings. The number of nitrogen functional groups attached to an aromatic ring is 1. The minimum atomic E-state index is -1.10. The number of hydrogen-bond donors (Lipinski definition) is 2. The Kier molecular flexibility index (Phi) is 4.48. The van der Waals surface area contributed by atoms with Crippen LogP contribution in [0, 0.1) is 0 Å². The molecule has 0 radical (unpaired) electrons. The standard InChI is InChI=1S/C21H14BrN7O2/c22-17-18(12-6-7-16(21(30)31)24-8-12)27-20-15(10-26-29(20)19(17)23)13-9-25-28(11-13)14-4-2-1-3-5-14/h1-11H,23H2,(H,30,31). The normalized spacial score (nSPS) is 11.1. The molecule has 0 bridgehead atoms. The average Bonchev–Trinajstić information content (AvgIpc) is 3.44. The summed E-state index contributed by atoms with van der Waals surface area (Å²) in [6.07, 6.45) is 6.78. The number of aromatic carboxylic acids is 1. The summed E-state index contributed by atoms with van der Waals surface area (Å²) in [7, 11) is 0. The van der Waals surface area contributed by atoms with E-state index in [0.29, 0.717) is 27.2 Å². The lowest BCUT2D eigenvalue weighted by molar-refractivity contribution is 0.0690. The predicted molar refractivity (Wildman–Crippen MR) is 118 cm³/mol. The number of carboxylic acid groups (broad SMARTS) is 1. The maximum absolute atomic E-state index is 11.1. The van der Waals surface area contributed by atoms with Gasteiger partial charge in [0.05, 0.1) is 28.2 Å². The van der Waals surface area contributed by atoms with Crippen molar-refractivity contribution < 1.29 is 9.90 Å². The maximum Gasteiger partial charge on any atom is 0.354 e. The van der Waals surface area contributed by atoms with Gasteiger partial charge in [0.2, 0.25) is 0 Å². The molecule has 152 valence electrons. The molecule has 10 heteroatoms. The van der Waals surface area contributed by atoms with Crippen molar-refractivity contribution in [2.75, 3.05) is 5.73 Å². The molecule has 9 nitrogen and oxygen atoms in total. The van der Waals surface area contributed by atoms with Gasteiger partial charge in [-0.1, -0.05) is 18.2 Å². The fraction of sp³-hybridized carbons (Fsp3) is 0. The summed E-state index contributed by atoms with van der Waals surface area (Å²) in [5.74, 6) is -0.731. The van der Waals surface area contributed by atoms with Gasteiger partial charge in [0.15, 0.2) is 5.65 Å². The van der Waals surface area contributed by atoms with Gasteiger partial charge in [0, 0.05) is 29.1 Å². The number of carboxylic acids is 1. The first-order valence-electron chi connectivity index (χ1n) is 9.16. The van der Waals surface area contributed by atoms with Gasteiger partial charge >= 0.3 is 5.97 Å². The molecule has 0 saturated carbocycles. The van der Waals surface area contributed by atoms with Crippen molar-refractivity contribution in [2.24, 2.45) is 0 Å². The van der Waals surface area contributed by atoms with E-state index in [2.05, 4.69) is 31.1 Å². The lowest BCUT2D eigenvalue weighted by atomic mass is 10.1. The molecule has 4 aromatic heterocycles. The van der Waals surface area contributed by atoms with Crippen LogP contribution in [-0.2, 0) is 0 Å². The third-order valence-electron chi connectivity index (χ3n) is 4.79. The predicted octanol–water partition coefficient (Wildman–Crippen LogP) is 3.69. The van der Waals surface area contributed by atoms with Gasteiger partial charge in [-0.2, -0.15) is 14.7 Å². The van der Waals surface area contributed by atoms with Crippen molar-refractivity contribution in [2.45, 2.75) is 0 Å². The number of aromatic nitrogens is 6. The molecule has 0 aliphatic rings. The molecule has 3 N–H and O–H groups in total. The number of rotatable bonds is 4. The van der Waals surface area contributed by atoms with Crippen LogP contribution in [0.2, 0.25) is 0 Å². The summed E-state index contributed by atoms with van der Waals surface area (Å²) < 4.78 is 3.86. The van der Waals surface area contributed by atoms with Crippen LogP contribution >= 0.6 is 15.9 Å². The van der Waals surface area contributed by atoms with Crippen LogP contribution in [0.3, 0.4) is 0 Å². The number of halogens is 1. The molecular weight excluding hydrogens is 462 g/mol. The molecule has 0 fully saturated rings. The molecule has 0 unspecified atom stereocenters. The first-order valence-corrected chi connectivity index (χ1v) is 9.95. The van der Waals surface area contributed by atoms with E-state index in [4.69, 9.17) is 15.8 Å². The van der Waals surface area contributed by atoms with E-state index in [1.807, 2.05) is 36.5 Å². The summed E-state index contributed by atoms with van der Waals surface area (Å²) in [6, 6.07) is 12.8. The van der Waals surface area contributed by atoms with Gasteiger partial charge in [0.1, 0.15) is 11.5 Å². The number of nitrogens with zero attached hydrogens (tertiary/aromatic N) is 6. The molecule has 0 atom stereocenters. The van der Waals surface area contributed by atoms with E-state index in [-0.39, 0.29) is 5.69 Å². The highest BCUT2D eigenvalue weighted by Crippen LogP contribution is 2.34. The number of nitrogens with two attached hydrogens (primary N) is 1. The zero-order valence-electron chi connectivity index (χ0n) is 15.8. The fourth-order valence-electron chi connectivity index (χ4n) is 3.23. The van der Waals surface area contributed by atoms with Gasteiger partial charge < -0.3 is 10.8 Å². The van der Waals surface area contributed by atoms with E-state index in [1.165, 1.54) is 12.3 Å². The first-order chi connectivity index (χ1) is 15.0. The highest BCUT2D eigenvalue weighted by Gasteiger charge is 2.19. The van der Waals surface area contributed by atoms with Crippen LogP contribution < -0.4 is 5.73 Å². The number of benzene rings is 1. The third-order valence-corrected chi connectivity index (χ3v) is 5.57. The van der Waals surface area contributed by atoms with Crippen LogP contribution in [0.5, 0.6) is 0 Å². The van der Waals surface area contributed by atoms with Crippen molar-refractivity contribution >= 4 is 33.4 Å². The minimum Gasteiger partial charge on any atom is -0.477 e. The Morgan fingerprint density at radius 2 is 1.81 bits per heavy atom. The molecular formula is C21H14BrN7O2. The molecule has 1 aromatic carbocycles. The Hall–Kier alpha value is -4.05. The summed E-state index contributed by atoms with van der Waals surface area (Å²) >= 11 is 3.48. The molecule has 0 spiro atoms. The highest BCUT2D eigenvalue weighted by atomic mass is 79.9.